The van der Waals surface area contributed by atoms with Gasteiger partial charge in [-0.25, -0.2) is 9.97 Å². The second-order valence-corrected chi connectivity index (χ2v) is 9.22. The third-order valence-electron chi connectivity index (χ3n) is 5.58. The van der Waals surface area contributed by atoms with Crippen LogP contribution in [-0.2, 0) is 16.1 Å². The number of thiazole rings is 1. The van der Waals surface area contributed by atoms with Gasteiger partial charge in [-0.2, -0.15) is 0 Å². The first-order valence-corrected chi connectivity index (χ1v) is 11.6. The monoisotopic (exact) mass is 442 g/mol. The van der Waals surface area contributed by atoms with E-state index in [0.29, 0.717) is 0 Å². The first-order chi connectivity index (χ1) is 15.1. The molecule has 0 bridgehead atoms. The van der Waals surface area contributed by atoms with Gasteiger partial charge in [0.25, 0.3) is 0 Å². The predicted octanol–water partition coefficient (Wildman–Crippen LogP) is 3.01. The molecule has 2 fully saturated rings. The highest BCUT2D eigenvalue weighted by Gasteiger charge is 2.22. The summed E-state index contributed by atoms with van der Waals surface area (Å²) in [5, 5.41) is 7.79. The Labute approximate surface area is 187 Å². The largest absolute Gasteiger partial charge is 0.379 e. The lowest BCUT2D eigenvalue weighted by molar-refractivity contribution is -0.126. The number of carbonyl (C=O) groups is 1. The van der Waals surface area contributed by atoms with E-state index in [4.69, 9.17) is 9.72 Å². The number of hydrogen-bond donors (Lipinski definition) is 2. The Morgan fingerprint density at radius 1 is 1.26 bits per heavy atom. The number of aromatic nitrogens is 2. The van der Waals surface area contributed by atoms with E-state index >= 15 is 0 Å². The lowest BCUT2D eigenvalue weighted by atomic mass is 10.0. The van der Waals surface area contributed by atoms with Crippen molar-refractivity contribution in [1.29, 1.82) is 0 Å². The Bertz CT molecular complexity index is 903. The van der Waals surface area contributed by atoms with Gasteiger partial charge >= 0.3 is 0 Å². The molecular formula is C22H30N6O2S. The van der Waals surface area contributed by atoms with Crippen molar-refractivity contribution in [1.82, 2.24) is 19.8 Å². The molecular weight excluding hydrogens is 412 g/mol. The van der Waals surface area contributed by atoms with Crippen molar-refractivity contribution in [3.63, 3.8) is 0 Å². The second-order valence-electron chi connectivity index (χ2n) is 7.98. The van der Waals surface area contributed by atoms with Crippen molar-refractivity contribution in [2.24, 2.45) is 0 Å². The van der Waals surface area contributed by atoms with E-state index < -0.39 is 0 Å². The lowest BCUT2D eigenvalue weighted by Gasteiger charge is -2.32. The van der Waals surface area contributed by atoms with Crippen LogP contribution < -0.4 is 10.6 Å². The highest BCUT2D eigenvalue weighted by Crippen LogP contribution is 2.25. The van der Waals surface area contributed by atoms with Gasteiger partial charge in [-0.3, -0.25) is 9.69 Å². The quantitative estimate of drug-likeness (QED) is 0.638. The number of aryl methyl sites for hydroxylation is 1. The Balaban J connectivity index is 1.47. The van der Waals surface area contributed by atoms with Crippen LogP contribution in [0.4, 0.5) is 16.8 Å². The topological polar surface area (TPSA) is 82.6 Å². The van der Waals surface area contributed by atoms with Crippen LogP contribution in [0.1, 0.15) is 23.3 Å². The molecule has 2 aliphatic rings. The van der Waals surface area contributed by atoms with Gasteiger partial charge in [-0.05, 0) is 43.5 Å². The number of carbonyl (C=O) groups excluding carboxylic acids is 1. The zero-order chi connectivity index (χ0) is 21.6. The van der Waals surface area contributed by atoms with Crippen LogP contribution in [0.25, 0.3) is 0 Å². The zero-order valence-corrected chi connectivity index (χ0v) is 18.8. The first kappa shape index (κ1) is 21.7. The summed E-state index contributed by atoms with van der Waals surface area (Å²) in [6.45, 7) is 11.4. The maximum absolute atomic E-state index is 11.8. The van der Waals surface area contributed by atoms with Gasteiger partial charge in [0.15, 0.2) is 5.13 Å². The number of anilines is 3. The van der Waals surface area contributed by atoms with Gasteiger partial charge in [0.2, 0.25) is 5.91 Å². The number of amides is 1. The Morgan fingerprint density at radius 3 is 2.68 bits per heavy atom. The summed E-state index contributed by atoms with van der Waals surface area (Å²) in [7, 11) is 0. The maximum Gasteiger partial charge on any atom is 0.245 e. The van der Waals surface area contributed by atoms with Gasteiger partial charge in [0, 0.05) is 49.8 Å². The summed E-state index contributed by atoms with van der Waals surface area (Å²) < 4.78 is 5.48. The zero-order valence-electron chi connectivity index (χ0n) is 18.0. The van der Waals surface area contributed by atoms with Crippen LogP contribution in [0.15, 0.2) is 31.0 Å². The van der Waals surface area contributed by atoms with Crippen LogP contribution in [-0.4, -0.2) is 71.1 Å². The van der Waals surface area contributed by atoms with Crippen LogP contribution in [0.3, 0.4) is 0 Å². The third-order valence-corrected chi connectivity index (χ3v) is 6.41. The van der Waals surface area contributed by atoms with Crippen molar-refractivity contribution >= 4 is 34.0 Å². The fourth-order valence-corrected chi connectivity index (χ4v) is 4.61. The molecule has 2 aromatic rings. The summed E-state index contributed by atoms with van der Waals surface area (Å²) >= 11 is 1.62. The van der Waals surface area contributed by atoms with E-state index in [1.54, 1.807) is 11.3 Å². The van der Waals surface area contributed by atoms with E-state index in [9.17, 15) is 4.79 Å². The number of morpholine rings is 1. The molecule has 9 heteroatoms. The fraction of sp³-hybridized carbons (Fsp3) is 0.500. The number of nitrogens with zero attached hydrogens (tertiary/aromatic N) is 4. The average Bonchev–Trinajstić information content (AvgIpc) is 3.18. The number of nitrogens with one attached hydrogen (secondary N) is 2. The smallest absolute Gasteiger partial charge is 0.245 e. The van der Waals surface area contributed by atoms with E-state index in [1.165, 1.54) is 11.6 Å². The van der Waals surface area contributed by atoms with Crippen LogP contribution in [0, 0.1) is 6.92 Å². The number of rotatable bonds is 7. The van der Waals surface area contributed by atoms with E-state index in [-0.39, 0.29) is 11.9 Å². The molecule has 1 amide bonds. The molecule has 2 aliphatic heterocycles. The van der Waals surface area contributed by atoms with Crippen molar-refractivity contribution in [2.75, 3.05) is 50.0 Å². The van der Waals surface area contributed by atoms with Gasteiger partial charge < -0.3 is 20.3 Å². The number of pyridine rings is 1. The van der Waals surface area contributed by atoms with Gasteiger partial charge in [-0.15, -0.1) is 11.3 Å². The SMILES string of the molecule is C=CC(=O)N1CCC(Nc2cc(CN3CCOCC3)cc(Nc3ncc(C)s3)n2)CC1. The van der Waals surface area contributed by atoms with Gasteiger partial charge in [0.05, 0.1) is 13.2 Å². The van der Waals surface area contributed by atoms with Crippen molar-refractivity contribution < 1.29 is 9.53 Å². The Kier molecular flexibility index (Phi) is 7.16. The van der Waals surface area contributed by atoms with E-state index in [0.717, 1.165) is 80.4 Å². The minimum Gasteiger partial charge on any atom is -0.379 e. The molecule has 4 heterocycles. The van der Waals surface area contributed by atoms with E-state index in [1.807, 2.05) is 18.0 Å². The number of likely N-dealkylation sites (tertiary alicyclic amines) is 1. The number of ether oxygens (including phenoxy) is 1. The molecule has 8 nitrogen and oxygen atoms in total. The molecule has 0 spiro atoms. The molecule has 2 saturated heterocycles. The minimum absolute atomic E-state index is 0.00862. The molecule has 2 N–H and O–H groups in total. The summed E-state index contributed by atoms with van der Waals surface area (Å²) in [6, 6.07) is 4.52. The molecule has 0 unspecified atom stereocenters. The second kappa shape index (κ2) is 10.2. The van der Waals surface area contributed by atoms with Crippen molar-refractivity contribution in [2.45, 2.75) is 32.4 Å². The van der Waals surface area contributed by atoms with Crippen LogP contribution >= 0.6 is 11.3 Å². The summed E-state index contributed by atoms with van der Waals surface area (Å²) in [6.07, 6.45) is 5.04. The highest BCUT2D eigenvalue weighted by molar-refractivity contribution is 7.15. The van der Waals surface area contributed by atoms with E-state index in [2.05, 4.69) is 39.2 Å². The maximum atomic E-state index is 11.8. The van der Waals surface area contributed by atoms with Crippen LogP contribution in [0.2, 0.25) is 0 Å². The lowest BCUT2D eigenvalue weighted by Crippen LogP contribution is -2.41. The molecule has 2 aromatic heterocycles. The summed E-state index contributed by atoms with van der Waals surface area (Å²) in [5.41, 5.74) is 1.20. The number of piperidine rings is 1. The standard InChI is InChI=1S/C22H30N6O2S/c1-3-21(29)28-6-4-18(5-7-28)24-19-12-17(15-27-8-10-30-11-9-27)13-20(25-19)26-22-23-14-16(2)31-22/h3,12-14,18H,1,4-11,15H2,2H3,(H2,23,24,25,26). The average molecular weight is 443 g/mol. The van der Waals surface area contributed by atoms with Crippen LogP contribution in [0.5, 0.6) is 0 Å². The minimum atomic E-state index is 0.00862. The molecule has 4 rings (SSSR count). The molecule has 0 aliphatic carbocycles. The number of hydrogen-bond acceptors (Lipinski definition) is 8. The predicted molar refractivity (Wildman–Crippen MR) is 124 cm³/mol. The molecule has 0 saturated carbocycles. The molecule has 31 heavy (non-hydrogen) atoms. The first-order valence-electron chi connectivity index (χ1n) is 10.8. The summed E-state index contributed by atoms with van der Waals surface area (Å²) in [4.78, 5) is 26.5. The fourth-order valence-electron chi connectivity index (χ4n) is 3.94. The molecule has 0 aromatic carbocycles. The third kappa shape index (κ3) is 6.03. The van der Waals surface area contributed by atoms with Gasteiger partial charge in [0.1, 0.15) is 11.6 Å². The highest BCUT2D eigenvalue weighted by atomic mass is 32.1. The normalized spacial score (nSPS) is 18.0. The van der Waals surface area contributed by atoms with Gasteiger partial charge in [-0.1, -0.05) is 6.58 Å². The molecule has 0 radical (unpaired) electrons. The molecule has 166 valence electrons. The van der Waals surface area contributed by atoms with Crippen molar-refractivity contribution in [3.8, 4) is 0 Å². The van der Waals surface area contributed by atoms with Crippen molar-refractivity contribution in [3.05, 3.63) is 41.4 Å². The Hall–Kier alpha value is -2.49. The Morgan fingerprint density at radius 2 is 2.00 bits per heavy atom. The summed E-state index contributed by atoms with van der Waals surface area (Å²) in [5.74, 6) is 1.66. The molecule has 0 atom stereocenters.